The predicted octanol–water partition coefficient (Wildman–Crippen LogP) is 3.27. The van der Waals surface area contributed by atoms with Crippen molar-refractivity contribution >= 4 is 11.6 Å². The lowest BCUT2D eigenvalue weighted by atomic mass is 10.1. The number of halogens is 1. The third-order valence-electron chi connectivity index (χ3n) is 4.58. The molecule has 2 heterocycles. The second-order valence-electron chi connectivity index (χ2n) is 6.82. The summed E-state index contributed by atoms with van der Waals surface area (Å²) in [5.74, 6) is 0.552. The van der Waals surface area contributed by atoms with Crippen LogP contribution in [0.4, 0.5) is 0 Å². The fraction of sp³-hybridized carbons (Fsp3) is 0.182. The Hall–Kier alpha value is -2.85. The Labute approximate surface area is 164 Å². The van der Waals surface area contributed by atoms with Crippen LogP contribution in [0.25, 0.3) is 0 Å². The van der Waals surface area contributed by atoms with Gasteiger partial charge in [-0.25, -0.2) is 13.7 Å². The number of hydrogen-bond donors (Lipinski definition) is 1. The van der Waals surface area contributed by atoms with Gasteiger partial charge in [-0.05, 0) is 28.3 Å². The van der Waals surface area contributed by atoms with Crippen molar-refractivity contribution in [2.24, 2.45) is 0 Å². The molecule has 136 valence electrons. The largest absolute Gasteiger partial charge is 0.250 e. The van der Waals surface area contributed by atoms with Gasteiger partial charge in [0.1, 0.15) is 44.4 Å². The van der Waals surface area contributed by atoms with Gasteiger partial charge in [0, 0.05) is 5.88 Å². The molecule has 0 bridgehead atoms. The molecule has 0 saturated heterocycles. The molecule has 0 radical (unpaired) electrons. The lowest BCUT2D eigenvalue weighted by Crippen LogP contribution is -2.32. The Kier molecular flexibility index (Phi) is 5.35. The van der Waals surface area contributed by atoms with Crippen molar-refractivity contribution in [1.82, 2.24) is 9.55 Å². The fourth-order valence-corrected chi connectivity index (χ4v) is 3.48. The van der Waals surface area contributed by atoms with Gasteiger partial charge in [-0.1, -0.05) is 42.5 Å². The average molecular weight is 379 g/mol. The van der Waals surface area contributed by atoms with Crippen LogP contribution in [0.15, 0.2) is 86.0 Å². The van der Waals surface area contributed by atoms with E-state index in [1.54, 1.807) is 0 Å². The Balaban J connectivity index is 1.43. The molecule has 0 unspecified atom stereocenters. The van der Waals surface area contributed by atoms with E-state index in [4.69, 9.17) is 11.6 Å². The summed E-state index contributed by atoms with van der Waals surface area (Å²) < 4.78 is 6.55. The molecule has 0 spiro atoms. The van der Waals surface area contributed by atoms with Crippen molar-refractivity contribution in [3.63, 3.8) is 0 Å². The highest BCUT2D eigenvalue weighted by molar-refractivity contribution is 6.17. The molecule has 4 aromatic rings. The van der Waals surface area contributed by atoms with Gasteiger partial charge in [-0.3, -0.25) is 4.98 Å². The van der Waals surface area contributed by atoms with Crippen molar-refractivity contribution in [2.75, 3.05) is 0 Å². The average Bonchev–Trinajstić information content (AvgIpc) is 3.34. The molecule has 0 saturated carbocycles. The van der Waals surface area contributed by atoms with Gasteiger partial charge < -0.3 is 0 Å². The summed E-state index contributed by atoms with van der Waals surface area (Å²) in [5, 5.41) is 0. The molecule has 0 fully saturated rings. The second kappa shape index (κ2) is 8.23. The lowest BCUT2D eigenvalue weighted by molar-refractivity contribution is -0.688. The van der Waals surface area contributed by atoms with Gasteiger partial charge in [0.15, 0.2) is 0 Å². The summed E-state index contributed by atoms with van der Waals surface area (Å²) in [4.78, 5) is 3.08. The molecule has 0 aliphatic heterocycles. The molecule has 4 nitrogen and oxygen atoms in total. The minimum Gasteiger partial charge on any atom is -0.250 e. The monoisotopic (exact) mass is 378 g/mol. The smallest absolute Gasteiger partial charge is 0.244 e. The molecule has 0 aliphatic rings. The number of nitrogens with zero attached hydrogens (tertiary/aromatic N) is 3. The topological polar surface area (TPSA) is 28.5 Å². The van der Waals surface area contributed by atoms with Gasteiger partial charge in [-0.2, -0.15) is 0 Å². The number of benzene rings is 2. The first-order valence-corrected chi connectivity index (χ1v) is 9.60. The first-order chi connectivity index (χ1) is 13.3. The third kappa shape index (κ3) is 4.66. The molecule has 2 aromatic carbocycles. The normalized spacial score (nSPS) is 11.0. The van der Waals surface area contributed by atoms with Crippen LogP contribution in [0, 0.1) is 0 Å². The quantitative estimate of drug-likeness (QED) is 0.378. The standard InChI is InChI=1S/C22H22ClN4/c23-13-19-3-1-4-20(11-19)15-26-9-10-27(18-26)16-22-6-2-5-21(12-22)14-25-8-7-24-17-25/h1-12,17-18H,13-16H2/q+1/p+1. The minimum atomic E-state index is 0.552. The van der Waals surface area contributed by atoms with E-state index in [0.29, 0.717) is 5.88 Å². The fourth-order valence-electron chi connectivity index (χ4n) is 3.31. The highest BCUT2D eigenvalue weighted by atomic mass is 35.5. The summed E-state index contributed by atoms with van der Waals surface area (Å²) in [5.41, 5.74) is 5.03. The van der Waals surface area contributed by atoms with E-state index in [1.165, 1.54) is 16.7 Å². The van der Waals surface area contributed by atoms with E-state index in [1.807, 2.05) is 18.7 Å². The van der Waals surface area contributed by atoms with Crippen molar-refractivity contribution in [2.45, 2.75) is 25.5 Å². The molecule has 0 aliphatic carbocycles. The molecule has 0 atom stereocenters. The van der Waals surface area contributed by atoms with Crippen molar-refractivity contribution in [1.29, 1.82) is 0 Å². The number of alkyl halides is 1. The second-order valence-corrected chi connectivity index (χ2v) is 7.08. The van der Waals surface area contributed by atoms with Crippen LogP contribution in [0.2, 0.25) is 0 Å². The van der Waals surface area contributed by atoms with E-state index in [0.717, 1.165) is 25.2 Å². The van der Waals surface area contributed by atoms with Crippen LogP contribution in [0.1, 0.15) is 22.3 Å². The van der Waals surface area contributed by atoms with Crippen molar-refractivity contribution in [3.05, 3.63) is 108 Å². The van der Waals surface area contributed by atoms with Gasteiger partial charge in [-0.15, -0.1) is 11.6 Å². The number of hydrogen-bond acceptors (Lipinski definition) is 0. The highest BCUT2D eigenvalue weighted by Gasteiger charge is 2.08. The summed E-state index contributed by atoms with van der Waals surface area (Å²) in [6, 6.07) is 17.2. The minimum absolute atomic E-state index is 0.552. The molecule has 4 rings (SSSR count). The van der Waals surface area contributed by atoms with Crippen LogP contribution < -0.4 is 9.13 Å². The van der Waals surface area contributed by atoms with Gasteiger partial charge >= 0.3 is 0 Å². The van der Waals surface area contributed by atoms with E-state index in [-0.39, 0.29) is 0 Å². The van der Waals surface area contributed by atoms with Gasteiger partial charge in [0.2, 0.25) is 12.7 Å². The Morgan fingerprint density at radius 1 is 0.852 bits per heavy atom. The van der Waals surface area contributed by atoms with Crippen LogP contribution in [0.3, 0.4) is 0 Å². The summed E-state index contributed by atoms with van der Waals surface area (Å²) in [6.07, 6.45) is 12.3. The summed E-state index contributed by atoms with van der Waals surface area (Å²) in [6.45, 7) is 2.59. The van der Waals surface area contributed by atoms with Gasteiger partial charge in [0.25, 0.3) is 0 Å². The number of imidazole rings is 2. The maximum atomic E-state index is 5.94. The molecule has 5 heteroatoms. The molecule has 2 aromatic heterocycles. The molecule has 0 amide bonds. The molecular formula is C22H23ClN4+2. The Bertz CT molecular complexity index is 1000. The predicted molar refractivity (Wildman–Crippen MR) is 105 cm³/mol. The van der Waals surface area contributed by atoms with Crippen LogP contribution >= 0.6 is 11.6 Å². The number of rotatable bonds is 7. The first-order valence-electron chi connectivity index (χ1n) is 9.07. The highest BCUT2D eigenvalue weighted by Crippen LogP contribution is 2.09. The Morgan fingerprint density at radius 2 is 1.56 bits per heavy atom. The number of aromatic amines is 1. The lowest BCUT2D eigenvalue weighted by Gasteiger charge is -2.03. The van der Waals surface area contributed by atoms with E-state index in [2.05, 4.69) is 85.9 Å². The first kappa shape index (κ1) is 17.6. The molecule has 27 heavy (non-hydrogen) atoms. The summed E-state index contributed by atoms with van der Waals surface area (Å²) >= 11 is 5.94. The van der Waals surface area contributed by atoms with E-state index < -0.39 is 0 Å². The summed E-state index contributed by atoms with van der Waals surface area (Å²) in [7, 11) is 0. The zero-order chi connectivity index (χ0) is 18.5. The van der Waals surface area contributed by atoms with Crippen LogP contribution in [-0.2, 0) is 25.5 Å². The SMILES string of the molecule is ClCc1cccc(Cn2cc[n+](Cc3cccc(C[n+]4cc[nH]c4)c3)c2)c1. The zero-order valence-corrected chi connectivity index (χ0v) is 15.9. The number of H-pyrrole nitrogens is 1. The zero-order valence-electron chi connectivity index (χ0n) is 15.1. The van der Waals surface area contributed by atoms with Crippen molar-refractivity contribution < 1.29 is 9.13 Å². The van der Waals surface area contributed by atoms with E-state index in [9.17, 15) is 0 Å². The Morgan fingerprint density at radius 3 is 2.30 bits per heavy atom. The molecule has 1 N–H and O–H groups in total. The maximum Gasteiger partial charge on any atom is 0.244 e. The van der Waals surface area contributed by atoms with E-state index >= 15 is 0 Å². The van der Waals surface area contributed by atoms with Gasteiger partial charge in [0.05, 0.1) is 0 Å². The maximum absolute atomic E-state index is 5.94. The third-order valence-corrected chi connectivity index (χ3v) is 4.89. The van der Waals surface area contributed by atoms with Crippen LogP contribution in [0.5, 0.6) is 0 Å². The number of nitrogens with one attached hydrogen (secondary N) is 1. The van der Waals surface area contributed by atoms with Crippen LogP contribution in [-0.4, -0.2) is 9.55 Å². The van der Waals surface area contributed by atoms with Crippen molar-refractivity contribution in [3.8, 4) is 0 Å². The number of aromatic nitrogens is 4. The molecular weight excluding hydrogens is 356 g/mol.